The largest absolute Gasteiger partial charge is 0.493 e. The van der Waals surface area contributed by atoms with Crippen LogP contribution in [0.5, 0.6) is 11.5 Å². The Labute approximate surface area is 185 Å². The molecule has 162 valence electrons. The first-order chi connectivity index (χ1) is 15.0. The Morgan fingerprint density at radius 2 is 1.58 bits per heavy atom. The minimum absolute atomic E-state index is 0.0344. The van der Waals surface area contributed by atoms with Gasteiger partial charge in [0.2, 0.25) is 0 Å². The van der Waals surface area contributed by atoms with E-state index in [9.17, 15) is 10.1 Å². The number of fused-ring (bicyclic) bond motifs is 2. The number of pyridine rings is 2. The SMILES string of the molecule is CCOc1cc(B(O)OCc2nc3c(OCC)cc(Br)cn3n2)cn2nc(CO)nc12. The molecular weight excluding hydrogens is 471 g/mol. The van der Waals surface area contributed by atoms with E-state index in [1.807, 2.05) is 19.9 Å². The molecule has 0 aliphatic heterocycles. The fourth-order valence-corrected chi connectivity index (χ4v) is 3.43. The smallest absolute Gasteiger partial charge is 0.490 e. The van der Waals surface area contributed by atoms with Gasteiger partial charge in [-0.15, -0.1) is 10.2 Å². The highest BCUT2D eigenvalue weighted by atomic mass is 79.9. The summed E-state index contributed by atoms with van der Waals surface area (Å²) in [7, 11) is -1.28. The fraction of sp³-hybridized carbons (Fsp3) is 0.333. The van der Waals surface area contributed by atoms with Crippen molar-refractivity contribution in [3.63, 3.8) is 0 Å². The molecule has 0 radical (unpaired) electrons. The molecule has 2 N–H and O–H groups in total. The lowest BCUT2D eigenvalue weighted by Crippen LogP contribution is -2.34. The second kappa shape index (κ2) is 9.18. The molecule has 0 amide bonds. The minimum Gasteiger partial charge on any atom is -0.490 e. The lowest BCUT2D eigenvalue weighted by atomic mass is 9.80. The fourth-order valence-electron chi connectivity index (χ4n) is 3.03. The van der Waals surface area contributed by atoms with Gasteiger partial charge in [0.05, 0.1) is 19.8 Å². The van der Waals surface area contributed by atoms with Crippen LogP contribution in [0.1, 0.15) is 25.5 Å². The molecule has 0 spiro atoms. The summed E-state index contributed by atoms with van der Waals surface area (Å²) >= 11 is 3.42. The van der Waals surface area contributed by atoms with E-state index in [2.05, 4.69) is 36.1 Å². The van der Waals surface area contributed by atoms with Crippen molar-refractivity contribution in [3.8, 4) is 11.5 Å². The van der Waals surface area contributed by atoms with Gasteiger partial charge in [0.15, 0.2) is 34.4 Å². The van der Waals surface area contributed by atoms with Crippen molar-refractivity contribution in [1.82, 2.24) is 29.2 Å². The van der Waals surface area contributed by atoms with Gasteiger partial charge in [-0.2, -0.15) is 0 Å². The van der Waals surface area contributed by atoms with Gasteiger partial charge in [-0.05, 0) is 41.9 Å². The quantitative estimate of drug-likeness (QED) is 0.326. The first-order valence-electron chi connectivity index (χ1n) is 9.62. The summed E-state index contributed by atoms with van der Waals surface area (Å²) in [5.74, 6) is 1.65. The van der Waals surface area contributed by atoms with Crippen molar-refractivity contribution in [2.24, 2.45) is 0 Å². The van der Waals surface area contributed by atoms with Gasteiger partial charge < -0.3 is 24.3 Å². The Balaban J connectivity index is 1.56. The molecule has 4 heterocycles. The predicted octanol–water partition coefficient (Wildman–Crippen LogP) is 0.728. The molecule has 0 fully saturated rings. The first kappa shape index (κ1) is 21.5. The molecule has 0 aliphatic rings. The highest BCUT2D eigenvalue weighted by Gasteiger charge is 2.22. The van der Waals surface area contributed by atoms with Crippen molar-refractivity contribution in [2.45, 2.75) is 27.1 Å². The molecule has 13 heteroatoms. The van der Waals surface area contributed by atoms with Crippen LogP contribution >= 0.6 is 15.9 Å². The molecule has 0 unspecified atom stereocenters. The third-order valence-corrected chi connectivity index (χ3v) is 4.70. The van der Waals surface area contributed by atoms with Crippen LogP contribution < -0.4 is 14.9 Å². The molecule has 0 saturated heterocycles. The lowest BCUT2D eigenvalue weighted by Gasteiger charge is -2.10. The van der Waals surface area contributed by atoms with Crippen molar-refractivity contribution < 1.29 is 24.3 Å². The van der Waals surface area contributed by atoms with Gasteiger partial charge in [-0.1, -0.05) is 0 Å². The summed E-state index contributed by atoms with van der Waals surface area (Å²) in [5, 5.41) is 28.4. The summed E-state index contributed by atoms with van der Waals surface area (Å²) in [4.78, 5) is 8.65. The van der Waals surface area contributed by atoms with Gasteiger partial charge in [-0.25, -0.2) is 19.0 Å². The molecule has 4 aromatic heterocycles. The number of hydrogen-bond donors (Lipinski definition) is 2. The molecule has 4 aromatic rings. The van der Waals surface area contributed by atoms with Crippen LogP contribution in [0.3, 0.4) is 0 Å². The number of aliphatic hydroxyl groups excluding tert-OH is 1. The maximum absolute atomic E-state index is 10.6. The van der Waals surface area contributed by atoms with Gasteiger partial charge in [0.25, 0.3) is 0 Å². The zero-order chi connectivity index (χ0) is 22.0. The van der Waals surface area contributed by atoms with E-state index in [1.165, 1.54) is 4.52 Å². The Morgan fingerprint density at radius 1 is 0.968 bits per heavy atom. The average molecular weight is 491 g/mol. The Hall–Kier alpha value is -2.74. The Morgan fingerprint density at radius 3 is 2.26 bits per heavy atom. The topological polar surface area (TPSA) is 129 Å². The van der Waals surface area contributed by atoms with E-state index in [1.54, 1.807) is 23.0 Å². The van der Waals surface area contributed by atoms with Gasteiger partial charge in [0.1, 0.15) is 6.61 Å². The van der Waals surface area contributed by atoms with E-state index in [-0.39, 0.29) is 19.0 Å². The second-order valence-corrected chi connectivity index (χ2v) is 7.36. The third-order valence-electron chi connectivity index (χ3n) is 4.27. The zero-order valence-corrected chi connectivity index (χ0v) is 18.5. The van der Waals surface area contributed by atoms with E-state index in [0.717, 1.165) is 4.47 Å². The van der Waals surface area contributed by atoms with Crippen LogP contribution in [-0.2, 0) is 17.9 Å². The third kappa shape index (κ3) is 4.49. The van der Waals surface area contributed by atoms with E-state index in [0.29, 0.717) is 47.3 Å². The number of rotatable bonds is 9. The standard InChI is InChI=1S/C18H20BBrN6O5/c1-3-29-13-5-11(7-25-17(13)21-15(9-27)23-25)19(28)31-10-16-22-18-14(30-4-2)6-12(20)8-26(18)24-16/h5-8,27-28H,3-4,9-10H2,1-2H3. The van der Waals surface area contributed by atoms with Crippen molar-refractivity contribution >= 4 is 39.8 Å². The van der Waals surface area contributed by atoms with Crippen LogP contribution in [0, 0.1) is 0 Å². The monoisotopic (exact) mass is 490 g/mol. The predicted molar refractivity (Wildman–Crippen MR) is 114 cm³/mol. The lowest BCUT2D eigenvalue weighted by molar-refractivity contribution is 0.251. The molecule has 31 heavy (non-hydrogen) atoms. The number of ether oxygens (including phenoxy) is 2. The van der Waals surface area contributed by atoms with Crippen molar-refractivity contribution in [2.75, 3.05) is 13.2 Å². The summed E-state index contributed by atoms with van der Waals surface area (Å²) in [6.07, 6.45) is 3.33. The molecule has 0 bridgehead atoms. The van der Waals surface area contributed by atoms with Crippen molar-refractivity contribution in [1.29, 1.82) is 0 Å². The highest BCUT2D eigenvalue weighted by molar-refractivity contribution is 9.10. The number of halogens is 1. The van der Waals surface area contributed by atoms with Crippen LogP contribution in [0.15, 0.2) is 29.0 Å². The van der Waals surface area contributed by atoms with Crippen LogP contribution in [0.2, 0.25) is 0 Å². The number of aliphatic hydroxyl groups is 1. The van der Waals surface area contributed by atoms with Crippen LogP contribution in [0.4, 0.5) is 0 Å². The van der Waals surface area contributed by atoms with E-state index < -0.39 is 7.12 Å². The number of aromatic nitrogens is 6. The van der Waals surface area contributed by atoms with Crippen LogP contribution in [0.25, 0.3) is 11.3 Å². The molecule has 11 nitrogen and oxygen atoms in total. The molecular formula is C18H20BBrN6O5. The summed E-state index contributed by atoms with van der Waals surface area (Å²) in [6, 6.07) is 3.44. The van der Waals surface area contributed by atoms with Gasteiger partial charge in [0, 0.05) is 22.3 Å². The second-order valence-electron chi connectivity index (χ2n) is 6.44. The minimum atomic E-state index is -1.28. The maximum Gasteiger partial charge on any atom is 0.493 e. The normalized spacial score (nSPS) is 11.4. The molecule has 0 atom stereocenters. The molecule has 4 rings (SSSR count). The number of nitrogens with zero attached hydrogens (tertiary/aromatic N) is 6. The van der Waals surface area contributed by atoms with E-state index in [4.69, 9.17) is 14.1 Å². The maximum atomic E-state index is 10.6. The average Bonchev–Trinajstić information content (AvgIpc) is 3.36. The molecule has 0 aliphatic carbocycles. The highest BCUT2D eigenvalue weighted by Crippen LogP contribution is 2.23. The Bertz CT molecular complexity index is 1220. The van der Waals surface area contributed by atoms with Gasteiger partial charge in [-0.3, -0.25) is 0 Å². The number of hydrogen-bond acceptors (Lipinski definition) is 9. The molecule has 0 saturated carbocycles. The summed E-state index contributed by atoms with van der Waals surface area (Å²) in [5.41, 5.74) is 1.40. The first-order valence-corrected chi connectivity index (χ1v) is 10.4. The zero-order valence-electron chi connectivity index (χ0n) is 16.9. The van der Waals surface area contributed by atoms with Crippen LogP contribution in [-0.4, -0.2) is 59.7 Å². The summed E-state index contributed by atoms with van der Waals surface area (Å²) < 4.78 is 20.6. The molecule has 0 aromatic carbocycles. The summed E-state index contributed by atoms with van der Waals surface area (Å²) in [6.45, 7) is 4.28. The Kier molecular flexibility index (Phi) is 6.37. The van der Waals surface area contributed by atoms with Gasteiger partial charge >= 0.3 is 7.12 Å². The van der Waals surface area contributed by atoms with Crippen molar-refractivity contribution in [3.05, 3.63) is 40.6 Å². The van der Waals surface area contributed by atoms with E-state index >= 15 is 0 Å².